The van der Waals surface area contributed by atoms with E-state index in [1.807, 2.05) is 36.4 Å². The average Bonchev–Trinajstić information content (AvgIpc) is 2.62. The molecule has 3 aromatic rings. The maximum Gasteiger partial charge on any atom is 0.337 e. The van der Waals surface area contributed by atoms with Gasteiger partial charge in [-0.1, -0.05) is 58.4 Å². The van der Waals surface area contributed by atoms with Crippen LogP contribution in [0.4, 0.5) is 5.69 Å². The Morgan fingerprint density at radius 3 is 2.28 bits per heavy atom. The van der Waals surface area contributed by atoms with Crippen molar-refractivity contribution in [3.63, 3.8) is 0 Å². The van der Waals surface area contributed by atoms with Crippen LogP contribution in [-0.2, 0) is 0 Å². The van der Waals surface area contributed by atoms with Crippen LogP contribution in [0.15, 0.2) is 77.3 Å². The van der Waals surface area contributed by atoms with Gasteiger partial charge in [0, 0.05) is 10.0 Å². The van der Waals surface area contributed by atoms with E-state index < -0.39 is 5.97 Å². The summed E-state index contributed by atoms with van der Waals surface area (Å²) in [5.41, 5.74) is 2.52. The van der Waals surface area contributed by atoms with Crippen LogP contribution in [0.5, 0.6) is 0 Å². The second-order valence-electron chi connectivity index (χ2n) is 5.40. The molecule has 3 aromatic carbocycles. The molecule has 4 nitrogen and oxygen atoms in total. The molecule has 1 amide bonds. The lowest BCUT2D eigenvalue weighted by atomic mass is 10.0. The van der Waals surface area contributed by atoms with E-state index in [0.717, 1.165) is 15.6 Å². The molecule has 0 saturated heterocycles. The highest BCUT2D eigenvalue weighted by Gasteiger charge is 2.15. The number of benzene rings is 3. The summed E-state index contributed by atoms with van der Waals surface area (Å²) in [6.45, 7) is 0. The fourth-order valence-corrected chi connectivity index (χ4v) is 2.87. The van der Waals surface area contributed by atoms with Gasteiger partial charge in [-0.05, 0) is 41.5 Å². The zero-order chi connectivity index (χ0) is 17.8. The zero-order valence-corrected chi connectivity index (χ0v) is 14.7. The number of aromatic carboxylic acids is 1. The lowest BCUT2D eigenvalue weighted by Gasteiger charge is -2.11. The third-order valence-electron chi connectivity index (χ3n) is 3.69. The Morgan fingerprint density at radius 2 is 1.60 bits per heavy atom. The molecule has 0 heterocycles. The molecule has 0 bridgehead atoms. The summed E-state index contributed by atoms with van der Waals surface area (Å²) in [4.78, 5) is 23.9. The topological polar surface area (TPSA) is 66.4 Å². The minimum absolute atomic E-state index is 0.0445. The molecule has 0 atom stereocenters. The first-order valence-electron chi connectivity index (χ1n) is 7.54. The van der Waals surface area contributed by atoms with Gasteiger partial charge in [0.2, 0.25) is 0 Å². The molecule has 3 rings (SSSR count). The van der Waals surface area contributed by atoms with Gasteiger partial charge in [-0.25, -0.2) is 4.79 Å². The van der Waals surface area contributed by atoms with Crippen LogP contribution in [0, 0.1) is 0 Å². The number of carboxylic acid groups (broad SMARTS) is 1. The molecular formula is C20H14BrNO3. The quantitative estimate of drug-likeness (QED) is 0.648. The highest BCUT2D eigenvalue weighted by Crippen LogP contribution is 2.26. The maximum atomic E-state index is 12.5. The number of carboxylic acids is 1. The van der Waals surface area contributed by atoms with Gasteiger partial charge < -0.3 is 10.4 Å². The van der Waals surface area contributed by atoms with E-state index >= 15 is 0 Å². The molecular weight excluding hydrogens is 382 g/mol. The number of hydrogen-bond acceptors (Lipinski definition) is 2. The second-order valence-corrected chi connectivity index (χ2v) is 6.31. The molecule has 5 heteroatoms. The standard InChI is InChI=1S/C20H14BrNO3/c21-16-8-4-7-15(11-16)19(23)22-18-12-14(9-10-17(18)20(24)25)13-5-2-1-3-6-13/h1-12H,(H,22,23)(H,24,25). The van der Waals surface area contributed by atoms with Gasteiger partial charge in [0.25, 0.3) is 5.91 Å². The van der Waals surface area contributed by atoms with Crippen molar-refractivity contribution < 1.29 is 14.7 Å². The Bertz CT molecular complexity index is 939. The van der Waals surface area contributed by atoms with E-state index in [4.69, 9.17) is 0 Å². The van der Waals surface area contributed by atoms with Crippen LogP contribution < -0.4 is 5.32 Å². The Kier molecular flexibility index (Phi) is 4.95. The molecule has 0 aliphatic heterocycles. The summed E-state index contributed by atoms with van der Waals surface area (Å²) in [5.74, 6) is -1.46. The molecule has 0 unspecified atom stereocenters. The van der Waals surface area contributed by atoms with Crippen LogP contribution in [0.1, 0.15) is 20.7 Å². The minimum Gasteiger partial charge on any atom is -0.478 e. The maximum absolute atomic E-state index is 12.5. The summed E-state index contributed by atoms with van der Waals surface area (Å²) < 4.78 is 0.775. The molecule has 124 valence electrons. The van der Waals surface area contributed by atoms with Crippen LogP contribution >= 0.6 is 15.9 Å². The second kappa shape index (κ2) is 7.32. The van der Waals surface area contributed by atoms with Crippen molar-refractivity contribution in [1.29, 1.82) is 0 Å². The van der Waals surface area contributed by atoms with Gasteiger partial charge in [0.05, 0.1) is 11.3 Å². The van der Waals surface area contributed by atoms with Gasteiger partial charge in [-0.2, -0.15) is 0 Å². The van der Waals surface area contributed by atoms with Gasteiger partial charge in [-0.3, -0.25) is 4.79 Å². The molecule has 0 aliphatic rings. The smallest absolute Gasteiger partial charge is 0.337 e. The predicted molar refractivity (Wildman–Crippen MR) is 101 cm³/mol. The van der Waals surface area contributed by atoms with Gasteiger partial charge >= 0.3 is 5.97 Å². The number of carbonyl (C=O) groups is 2. The van der Waals surface area contributed by atoms with Crippen LogP contribution in [0.2, 0.25) is 0 Å². The molecule has 25 heavy (non-hydrogen) atoms. The average molecular weight is 396 g/mol. The highest BCUT2D eigenvalue weighted by atomic mass is 79.9. The van der Waals surface area contributed by atoms with Gasteiger partial charge in [0.15, 0.2) is 0 Å². The van der Waals surface area contributed by atoms with E-state index in [1.54, 1.807) is 30.3 Å². The lowest BCUT2D eigenvalue weighted by Crippen LogP contribution is -2.15. The van der Waals surface area contributed by atoms with E-state index in [0.29, 0.717) is 5.56 Å². The Morgan fingerprint density at radius 1 is 0.840 bits per heavy atom. The fourth-order valence-electron chi connectivity index (χ4n) is 2.47. The van der Waals surface area contributed by atoms with E-state index in [2.05, 4.69) is 21.2 Å². The summed E-state index contributed by atoms with van der Waals surface area (Å²) in [7, 11) is 0. The number of carbonyl (C=O) groups excluding carboxylic acids is 1. The first-order valence-corrected chi connectivity index (χ1v) is 8.33. The number of amides is 1. The monoisotopic (exact) mass is 395 g/mol. The zero-order valence-electron chi connectivity index (χ0n) is 13.1. The first kappa shape index (κ1) is 16.9. The van der Waals surface area contributed by atoms with E-state index in [9.17, 15) is 14.7 Å². The van der Waals surface area contributed by atoms with Crippen LogP contribution in [0.3, 0.4) is 0 Å². The Balaban J connectivity index is 1.98. The van der Waals surface area contributed by atoms with Crippen LogP contribution in [-0.4, -0.2) is 17.0 Å². The summed E-state index contributed by atoms with van der Waals surface area (Å²) in [5, 5.41) is 12.1. The number of halogens is 1. The van der Waals surface area contributed by atoms with E-state index in [1.165, 1.54) is 6.07 Å². The molecule has 0 fully saturated rings. The number of nitrogens with one attached hydrogen (secondary N) is 1. The minimum atomic E-state index is -1.09. The van der Waals surface area contributed by atoms with Crippen molar-refractivity contribution in [3.8, 4) is 11.1 Å². The molecule has 0 spiro atoms. The van der Waals surface area contributed by atoms with Gasteiger partial charge in [0.1, 0.15) is 0 Å². The first-order chi connectivity index (χ1) is 12.0. The highest BCUT2D eigenvalue weighted by molar-refractivity contribution is 9.10. The van der Waals surface area contributed by atoms with Crippen LogP contribution in [0.25, 0.3) is 11.1 Å². The third-order valence-corrected chi connectivity index (χ3v) is 4.19. The largest absolute Gasteiger partial charge is 0.478 e. The van der Waals surface area contributed by atoms with Gasteiger partial charge in [-0.15, -0.1) is 0 Å². The lowest BCUT2D eigenvalue weighted by molar-refractivity contribution is 0.0698. The van der Waals surface area contributed by atoms with E-state index in [-0.39, 0.29) is 17.2 Å². The van der Waals surface area contributed by atoms with Crippen molar-refractivity contribution in [2.45, 2.75) is 0 Å². The Labute approximate surface area is 153 Å². The normalized spacial score (nSPS) is 10.3. The predicted octanol–water partition coefficient (Wildman–Crippen LogP) is 5.07. The number of hydrogen-bond donors (Lipinski definition) is 2. The van der Waals surface area contributed by atoms with Crippen molar-refractivity contribution in [3.05, 3.63) is 88.4 Å². The summed E-state index contributed by atoms with van der Waals surface area (Å²) in [6.07, 6.45) is 0. The van der Waals surface area contributed by atoms with Crippen molar-refractivity contribution in [1.82, 2.24) is 0 Å². The molecule has 2 N–H and O–H groups in total. The SMILES string of the molecule is O=C(Nc1cc(-c2ccccc2)ccc1C(=O)O)c1cccc(Br)c1. The molecule has 0 saturated carbocycles. The van der Waals surface area contributed by atoms with Crippen molar-refractivity contribution >= 4 is 33.5 Å². The molecule has 0 aliphatic carbocycles. The summed E-state index contributed by atoms with van der Waals surface area (Å²) >= 11 is 3.32. The third kappa shape index (κ3) is 3.95. The number of anilines is 1. The van der Waals surface area contributed by atoms with Crippen molar-refractivity contribution in [2.24, 2.45) is 0 Å². The van der Waals surface area contributed by atoms with Crippen molar-refractivity contribution in [2.75, 3.05) is 5.32 Å². The molecule has 0 aromatic heterocycles. The Hall–Kier alpha value is -2.92. The molecule has 0 radical (unpaired) electrons. The fraction of sp³-hybridized carbons (Fsp3) is 0. The number of rotatable bonds is 4. The summed E-state index contributed by atoms with van der Waals surface area (Å²) in [6, 6.07) is 21.4.